The number of nitrogens with one attached hydrogen (secondary N) is 1. The Labute approximate surface area is 116 Å². The third-order valence-electron chi connectivity index (χ3n) is 2.62. The highest BCUT2D eigenvalue weighted by atomic mass is 19.1. The maximum atomic E-state index is 13.3. The highest BCUT2D eigenvalue weighted by Gasteiger charge is 2.17. The lowest BCUT2D eigenvalue weighted by Gasteiger charge is -2.20. The molecule has 0 atom stereocenters. The van der Waals surface area contributed by atoms with Crippen LogP contribution in [0.4, 0.5) is 14.9 Å². The molecule has 2 aromatic carbocycles. The van der Waals surface area contributed by atoms with E-state index in [1.54, 1.807) is 39.0 Å². The van der Waals surface area contributed by atoms with Crippen LogP contribution in [0, 0.1) is 5.82 Å². The Morgan fingerprint density at radius 3 is 2.55 bits per heavy atom. The predicted octanol–water partition coefficient (Wildman–Crippen LogP) is 4.03. The molecule has 0 saturated carbocycles. The van der Waals surface area contributed by atoms with Gasteiger partial charge < -0.3 is 9.84 Å². The van der Waals surface area contributed by atoms with Gasteiger partial charge in [0, 0.05) is 10.8 Å². The molecular weight excluding hydrogens is 261 g/mol. The van der Waals surface area contributed by atoms with Crippen molar-refractivity contribution < 1.29 is 19.0 Å². The minimum absolute atomic E-state index is 0.332. The molecule has 0 fully saturated rings. The molecule has 2 rings (SSSR count). The maximum Gasteiger partial charge on any atom is 0.412 e. The van der Waals surface area contributed by atoms with E-state index in [-0.39, 0.29) is 0 Å². The van der Waals surface area contributed by atoms with Gasteiger partial charge in [-0.1, -0.05) is 12.1 Å². The molecule has 0 aliphatic carbocycles. The van der Waals surface area contributed by atoms with E-state index in [4.69, 9.17) is 4.74 Å². The molecule has 0 saturated heterocycles. The van der Waals surface area contributed by atoms with Crippen molar-refractivity contribution in [2.24, 2.45) is 0 Å². The number of phenols is 1. The van der Waals surface area contributed by atoms with Gasteiger partial charge in [0.25, 0.3) is 0 Å². The molecule has 20 heavy (non-hydrogen) atoms. The Balaban J connectivity index is 2.36. The van der Waals surface area contributed by atoms with E-state index in [1.165, 1.54) is 6.07 Å². The molecule has 4 nitrogen and oxygen atoms in total. The van der Waals surface area contributed by atoms with Crippen LogP contribution in [0.3, 0.4) is 0 Å². The third kappa shape index (κ3) is 2.99. The van der Waals surface area contributed by atoms with E-state index in [0.717, 1.165) is 6.07 Å². The van der Waals surface area contributed by atoms with Gasteiger partial charge in [0.05, 0.1) is 5.69 Å². The predicted molar refractivity (Wildman–Crippen MR) is 75.4 cm³/mol. The first-order chi connectivity index (χ1) is 9.28. The fourth-order valence-electron chi connectivity index (χ4n) is 1.84. The monoisotopic (exact) mass is 277 g/mol. The molecule has 0 spiro atoms. The largest absolute Gasteiger partial charge is 0.504 e. The van der Waals surface area contributed by atoms with Gasteiger partial charge in [0.2, 0.25) is 0 Å². The normalized spacial score (nSPS) is 11.4. The lowest BCUT2D eigenvalue weighted by Crippen LogP contribution is -2.27. The van der Waals surface area contributed by atoms with Crippen molar-refractivity contribution in [3.05, 3.63) is 36.1 Å². The third-order valence-corrected chi connectivity index (χ3v) is 2.62. The van der Waals surface area contributed by atoms with Crippen molar-refractivity contribution in [2.45, 2.75) is 26.4 Å². The summed E-state index contributed by atoms with van der Waals surface area (Å²) in [7, 11) is 0. The highest BCUT2D eigenvalue weighted by Crippen LogP contribution is 2.32. The summed E-state index contributed by atoms with van der Waals surface area (Å²) in [4.78, 5) is 11.8. The van der Waals surface area contributed by atoms with Gasteiger partial charge in [-0.3, -0.25) is 5.32 Å². The van der Waals surface area contributed by atoms with Crippen LogP contribution in [-0.4, -0.2) is 16.8 Å². The van der Waals surface area contributed by atoms with Crippen molar-refractivity contribution in [1.82, 2.24) is 0 Å². The number of ether oxygens (including phenoxy) is 1. The van der Waals surface area contributed by atoms with Crippen LogP contribution in [0.5, 0.6) is 5.75 Å². The van der Waals surface area contributed by atoms with Crippen LogP contribution < -0.4 is 5.32 Å². The molecular formula is C15H16FNO3. The van der Waals surface area contributed by atoms with E-state index in [2.05, 4.69) is 5.32 Å². The minimum atomic E-state index is -0.702. The number of rotatable bonds is 1. The summed E-state index contributed by atoms with van der Waals surface area (Å²) in [6.45, 7) is 5.28. The first kappa shape index (κ1) is 14.1. The molecule has 106 valence electrons. The number of carbonyl (C=O) groups excluding carboxylic acids is 1. The fourth-order valence-corrected chi connectivity index (χ4v) is 1.84. The van der Waals surface area contributed by atoms with Gasteiger partial charge in [-0.25, -0.2) is 9.18 Å². The van der Waals surface area contributed by atoms with Gasteiger partial charge >= 0.3 is 6.09 Å². The van der Waals surface area contributed by atoms with Gasteiger partial charge in [-0.05, 0) is 39.0 Å². The Morgan fingerprint density at radius 1 is 1.20 bits per heavy atom. The summed E-state index contributed by atoms with van der Waals surface area (Å²) in [5, 5.41) is 13.1. The zero-order chi connectivity index (χ0) is 14.9. The summed E-state index contributed by atoms with van der Waals surface area (Å²) >= 11 is 0. The number of amides is 1. The molecule has 1 amide bonds. The molecule has 2 N–H and O–H groups in total. The smallest absolute Gasteiger partial charge is 0.412 e. The van der Waals surface area contributed by atoms with E-state index < -0.39 is 23.3 Å². The average Bonchev–Trinajstić information content (AvgIpc) is 2.32. The number of aromatic hydroxyl groups is 1. The molecule has 0 aromatic heterocycles. The number of hydrogen-bond donors (Lipinski definition) is 2. The zero-order valence-electron chi connectivity index (χ0n) is 11.5. The summed E-state index contributed by atoms with van der Waals surface area (Å²) in [6, 6.07) is 7.50. The minimum Gasteiger partial charge on any atom is -0.504 e. The number of anilines is 1. The topological polar surface area (TPSA) is 58.6 Å². The highest BCUT2D eigenvalue weighted by molar-refractivity contribution is 6.02. The average molecular weight is 277 g/mol. The number of phenolic OH excluding ortho intramolecular Hbond substituents is 1. The second-order valence-corrected chi connectivity index (χ2v) is 5.42. The number of benzene rings is 2. The summed E-state index contributed by atoms with van der Waals surface area (Å²) in [5.74, 6) is -1.14. The Morgan fingerprint density at radius 2 is 1.90 bits per heavy atom. The maximum absolute atomic E-state index is 13.3. The Kier molecular flexibility index (Phi) is 3.53. The van der Waals surface area contributed by atoms with Gasteiger partial charge in [0.15, 0.2) is 11.6 Å². The Bertz CT molecular complexity index is 662. The van der Waals surface area contributed by atoms with Crippen LogP contribution in [0.25, 0.3) is 10.8 Å². The number of hydrogen-bond acceptors (Lipinski definition) is 3. The van der Waals surface area contributed by atoms with Crippen molar-refractivity contribution in [2.75, 3.05) is 5.32 Å². The summed E-state index contributed by atoms with van der Waals surface area (Å²) in [5.41, 5.74) is -0.157. The standard InChI is InChI=1S/C15H16FNO3/c1-15(2,3)20-14(19)17-12-6-4-5-10-9(12)7-8-11(16)13(10)18/h4-8,18H,1-3H3,(H,17,19). The van der Waals surface area contributed by atoms with E-state index in [9.17, 15) is 14.3 Å². The van der Waals surface area contributed by atoms with Gasteiger partial charge in [-0.2, -0.15) is 0 Å². The molecule has 0 radical (unpaired) electrons. The van der Waals surface area contributed by atoms with E-state index >= 15 is 0 Å². The first-order valence-corrected chi connectivity index (χ1v) is 6.18. The molecule has 2 aromatic rings. The molecule has 5 heteroatoms. The van der Waals surface area contributed by atoms with Gasteiger partial charge in [0.1, 0.15) is 5.60 Å². The molecule has 0 unspecified atom stereocenters. The van der Waals surface area contributed by atoms with E-state index in [1.807, 2.05) is 0 Å². The molecule has 0 heterocycles. The van der Waals surface area contributed by atoms with Crippen LogP contribution >= 0.6 is 0 Å². The SMILES string of the molecule is CC(C)(C)OC(=O)Nc1cccc2c(O)c(F)ccc12. The van der Waals surface area contributed by atoms with Crippen molar-refractivity contribution in [3.8, 4) is 5.75 Å². The van der Waals surface area contributed by atoms with Crippen LogP contribution in [0.2, 0.25) is 0 Å². The summed E-state index contributed by atoms with van der Waals surface area (Å²) < 4.78 is 18.5. The second kappa shape index (κ2) is 5.00. The fraction of sp³-hybridized carbons (Fsp3) is 0.267. The number of halogens is 1. The van der Waals surface area contributed by atoms with Crippen LogP contribution in [0.1, 0.15) is 20.8 Å². The molecule has 0 aliphatic rings. The number of carbonyl (C=O) groups is 1. The Hall–Kier alpha value is -2.30. The van der Waals surface area contributed by atoms with Crippen molar-refractivity contribution in [3.63, 3.8) is 0 Å². The lowest BCUT2D eigenvalue weighted by atomic mass is 10.1. The number of fused-ring (bicyclic) bond motifs is 1. The summed E-state index contributed by atoms with van der Waals surface area (Å²) in [6.07, 6.45) is -0.603. The van der Waals surface area contributed by atoms with Gasteiger partial charge in [-0.15, -0.1) is 0 Å². The first-order valence-electron chi connectivity index (χ1n) is 6.18. The van der Waals surface area contributed by atoms with Crippen LogP contribution in [0.15, 0.2) is 30.3 Å². The second-order valence-electron chi connectivity index (χ2n) is 5.42. The molecule has 0 bridgehead atoms. The quantitative estimate of drug-likeness (QED) is 0.827. The zero-order valence-corrected chi connectivity index (χ0v) is 11.5. The van der Waals surface area contributed by atoms with Crippen molar-refractivity contribution in [1.29, 1.82) is 0 Å². The van der Waals surface area contributed by atoms with Crippen LogP contribution in [-0.2, 0) is 4.74 Å². The lowest BCUT2D eigenvalue weighted by molar-refractivity contribution is 0.0636. The van der Waals surface area contributed by atoms with Crippen molar-refractivity contribution >= 4 is 22.6 Å². The van der Waals surface area contributed by atoms with E-state index in [0.29, 0.717) is 16.5 Å². The molecule has 0 aliphatic heterocycles.